The zero-order valence-corrected chi connectivity index (χ0v) is 8.93. The van der Waals surface area contributed by atoms with E-state index in [0.29, 0.717) is 12.5 Å². The minimum atomic E-state index is 0.396. The minimum Gasteiger partial charge on any atom is -0.396 e. The monoisotopic (exact) mass is 201 g/mol. The molecule has 2 aliphatic heterocycles. The van der Waals surface area contributed by atoms with Crippen molar-refractivity contribution in [2.75, 3.05) is 31.2 Å². The van der Waals surface area contributed by atoms with E-state index < -0.39 is 0 Å². The van der Waals surface area contributed by atoms with Crippen LogP contribution in [0, 0.1) is 5.92 Å². The van der Waals surface area contributed by atoms with E-state index in [1.807, 2.05) is 0 Å². The molecular weight excluding hydrogens is 182 g/mol. The van der Waals surface area contributed by atoms with Gasteiger partial charge in [0.05, 0.1) is 0 Å². The standard InChI is InChI=1S/C10H19NOS/c12-7-9-1-4-11(5-2-9)10-3-6-13-8-10/h9-10,12H,1-8H2/t10-/m1/s1. The van der Waals surface area contributed by atoms with Crippen LogP contribution in [0.2, 0.25) is 0 Å². The van der Waals surface area contributed by atoms with Crippen LogP contribution >= 0.6 is 11.8 Å². The molecule has 0 spiro atoms. The first-order valence-electron chi connectivity index (χ1n) is 5.33. The molecule has 1 atom stereocenters. The third kappa shape index (κ3) is 2.39. The van der Waals surface area contributed by atoms with Crippen LogP contribution in [0.4, 0.5) is 0 Å². The Bertz CT molecular complexity index is 151. The second-order valence-corrected chi connectivity index (χ2v) is 5.33. The second kappa shape index (κ2) is 4.67. The van der Waals surface area contributed by atoms with Crippen molar-refractivity contribution in [3.8, 4) is 0 Å². The lowest BCUT2D eigenvalue weighted by molar-refractivity contribution is 0.108. The third-order valence-corrected chi connectivity index (χ3v) is 4.47. The molecule has 0 bridgehead atoms. The maximum absolute atomic E-state index is 9.02. The number of hydrogen-bond acceptors (Lipinski definition) is 3. The Balaban J connectivity index is 1.77. The number of thioether (sulfide) groups is 1. The van der Waals surface area contributed by atoms with E-state index in [1.54, 1.807) is 0 Å². The summed E-state index contributed by atoms with van der Waals surface area (Å²) in [5.74, 6) is 3.28. The van der Waals surface area contributed by atoms with Crippen LogP contribution in [0.1, 0.15) is 19.3 Å². The summed E-state index contributed by atoms with van der Waals surface area (Å²) in [5, 5.41) is 9.02. The van der Waals surface area contributed by atoms with E-state index in [1.165, 1.54) is 43.9 Å². The highest BCUT2D eigenvalue weighted by Crippen LogP contribution is 2.26. The van der Waals surface area contributed by atoms with Gasteiger partial charge < -0.3 is 5.11 Å². The van der Waals surface area contributed by atoms with Crippen molar-refractivity contribution in [1.29, 1.82) is 0 Å². The Hall–Kier alpha value is 0.270. The Labute approximate surface area is 84.7 Å². The van der Waals surface area contributed by atoms with Crippen molar-refractivity contribution < 1.29 is 5.11 Å². The van der Waals surface area contributed by atoms with Gasteiger partial charge in [0, 0.05) is 18.4 Å². The van der Waals surface area contributed by atoms with Crippen LogP contribution in [-0.4, -0.2) is 47.3 Å². The normalized spacial score (nSPS) is 32.5. The van der Waals surface area contributed by atoms with Crippen molar-refractivity contribution in [3.05, 3.63) is 0 Å². The van der Waals surface area contributed by atoms with Crippen molar-refractivity contribution in [2.45, 2.75) is 25.3 Å². The molecule has 0 unspecified atom stereocenters. The number of likely N-dealkylation sites (tertiary alicyclic amines) is 1. The summed E-state index contributed by atoms with van der Waals surface area (Å²) in [6.07, 6.45) is 3.80. The zero-order valence-electron chi connectivity index (χ0n) is 8.11. The van der Waals surface area contributed by atoms with Gasteiger partial charge in [0.25, 0.3) is 0 Å². The van der Waals surface area contributed by atoms with E-state index in [-0.39, 0.29) is 0 Å². The SMILES string of the molecule is OCC1CCN([C@@H]2CCSC2)CC1. The number of nitrogens with zero attached hydrogens (tertiary/aromatic N) is 1. The van der Waals surface area contributed by atoms with Gasteiger partial charge in [0.2, 0.25) is 0 Å². The lowest BCUT2D eigenvalue weighted by atomic mass is 9.96. The van der Waals surface area contributed by atoms with Gasteiger partial charge in [-0.1, -0.05) is 0 Å². The molecule has 2 nitrogen and oxygen atoms in total. The first-order valence-corrected chi connectivity index (χ1v) is 6.48. The molecule has 0 aromatic carbocycles. The summed E-state index contributed by atoms with van der Waals surface area (Å²) in [5.41, 5.74) is 0. The van der Waals surface area contributed by atoms with E-state index in [4.69, 9.17) is 5.11 Å². The Morgan fingerprint density at radius 1 is 1.23 bits per heavy atom. The minimum absolute atomic E-state index is 0.396. The molecule has 2 fully saturated rings. The van der Waals surface area contributed by atoms with Crippen molar-refractivity contribution in [1.82, 2.24) is 4.90 Å². The Morgan fingerprint density at radius 3 is 2.54 bits per heavy atom. The molecule has 0 amide bonds. The van der Waals surface area contributed by atoms with Crippen LogP contribution in [-0.2, 0) is 0 Å². The fourth-order valence-corrected chi connectivity index (χ4v) is 3.57. The van der Waals surface area contributed by atoms with Gasteiger partial charge in [-0.3, -0.25) is 4.90 Å². The van der Waals surface area contributed by atoms with Crippen LogP contribution < -0.4 is 0 Å². The molecule has 1 N–H and O–H groups in total. The highest BCUT2D eigenvalue weighted by Gasteiger charge is 2.26. The van der Waals surface area contributed by atoms with Gasteiger partial charge in [-0.15, -0.1) is 0 Å². The molecule has 2 saturated heterocycles. The summed E-state index contributed by atoms with van der Waals surface area (Å²) in [6, 6.07) is 0.852. The number of aliphatic hydroxyl groups excluding tert-OH is 1. The van der Waals surface area contributed by atoms with Crippen molar-refractivity contribution in [3.63, 3.8) is 0 Å². The van der Waals surface area contributed by atoms with Crippen molar-refractivity contribution >= 4 is 11.8 Å². The predicted octanol–water partition coefficient (Wildman–Crippen LogP) is 1.20. The molecular formula is C10H19NOS. The van der Waals surface area contributed by atoms with Crippen LogP contribution in [0.3, 0.4) is 0 Å². The third-order valence-electron chi connectivity index (χ3n) is 3.33. The average Bonchev–Trinajstić information content (AvgIpc) is 2.71. The fourth-order valence-electron chi connectivity index (χ4n) is 2.31. The molecule has 0 saturated carbocycles. The predicted molar refractivity (Wildman–Crippen MR) is 57.1 cm³/mol. The molecule has 3 heteroatoms. The second-order valence-electron chi connectivity index (χ2n) is 4.18. The molecule has 2 rings (SSSR count). The van der Waals surface area contributed by atoms with Gasteiger partial charge >= 0.3 is 0 Å². The quantitative estimate of drug-likeness (QED) is 0.726. The maximum Gasteiger partial charge on any atom is 0.0460 e. The van der Waals surface area contributed by atoms with Gasteiger partial charge in [-0.2, -0.15) is 11.8 Å². The number of aliphatic hydroxyl groups is 1. The molecule has 76 valence electrons. The number of rotatable bonds is 2. The Kier molecular flexibility index (Phi) is 3.52. The lowest BCUT2D eigenvalue weighted by Crippen LogP contribution is -2.42. The van der Waals surface area contributed by atoms with Crippen LogP contribution in [0.25, 0.3) is 0 Å². The molecule has 0 aromatic heterocycles. The van der Waals surface area contributed by atoms with E-state index in [2.05, 4.69) is 16.7 Å². The highest BCUT2D eigenvalue weighted by molar-refractivity contribution is 7.99. The van der Waals surface area contributed by atoms with Gasteiger partial charge in [0.15, 0.2) is 0 Å². The van der Waals surface area contributed by atoms with E-state index >= 15 is 0 Å². The molecule has 13 heavy (non-hydrogen) atoms. The largest absolute Gasteiger partial charge is 0.396 e. The molecule has 2 heterocycles. The van der Waals surface area contributed by atoms with Gasteiger partial charge in [-0.05, 0) is 44.0 Å². The fraction of sp³-hybridized carbons (Fsp3) is 1.00. The van der Waals surface area contributed by atoms with Crippen molar-refractivity contribution in [2.24, 2.45) is 5.92 Å². The van der Waals surface area contributed by atoms with Gasteiger partial charge in [0.1, 0.15) is 0 Å². The molecule has 0 radical (unpaired) electrons. The average molecular weight is 201 g/mol. The highest BCUT2D eigenvalue weighted by atomic mass is 32.2. The molecule has 2 aliphatic rings. The van der Waals surface area contributed by atoms with E-state index in [9.17, 15) is 0 Å². The summed E-state index contributed by atoms with van der Waals surface area (Å²) in [7, 11) is 0. The topological polar surface area (TPSA) is 23.5 Å². The number of hydrogen-bond donors (Lipinski definition) is 1. The summed E-state index contributed by atoms with van der Waals surface area (Å²) in [4.78, 5) is 2.63. The first kappa shape index (κ1) is 9.81. The lowest BCUT2D eigenvalue weighted by Gasteiger charge is -2.35. The van der Waals surface area contributed by atoms with Crippen LogP contribution in [0.5, 0.6) is 0 Å². The summed E-state index contributed by atoms with van der Waals surface area (Å²) in [6.45, 7) is 2.83. The zero-order chi connectivity index (χ0) is 9.10. The smallest absolute Gasteiger partial charge is 0.0460 e. The molecule has 0 aromatic rings. The van der Waals surface area contributed by atoms with Crippen LogP contribution in [0.15, 0.2) is 0 Å². The summed E-state index contributed by atoms with van der Waals surface area (Å²) < 4.78 is 0. The first-order chi connectivity index (χ1) is 6.40. The van der Waals surface area contributed by atoms with Gasteiger partial charge in [-0.25, -0.2) is 0 Å². The Morgan fingerprint density at radius 2 is 2.00 bits per heavy atom. The number of piperidine rings is 1. The molecule has 0 aliphatic carbocycles. The maximum atomic E-state index is 9.02. The van der Waals surface area contributed by atoms with E-state index in [0.717, 1.165) is 6.04 Å². The summed E-state index contributed by atoms with van der Waals surface area (Å²) >= 11 is 2.09.